The first-order valence-electron chi connectivity index (χ1n) is 6.65. The van der Waals surface area contributed by atoms with Gasteiger partial charge in [-0.3, -0.25) is 4.79 Å². The summed E-state index contributed by atoms with van der Waals surface area (Å²) >= 11 is 0. The number of rotatable bonds is 1. The second-order valence-corrected chi connectivity index (χ2v) is 6.82. The van der Waals surface area contributed by atoms with Crippen LogP contribution in [0.5, 0.6) is 5.75 Å². The summed E-state index contributed by atoms with van der Waals surface area (Å²) < 4.78 is 6.18. The molecule has 1 aliphatic heterocycles. The van der Waals surface area contributed by atoms with Gasteiger partial charge in [0.05, 0.1) is 0 Å². The third kappa shape index (κ3) is 1.58. The van der Waals surface area contributed by atoms with Crippen molar-refractivity contribution in [1.82, 2.24) is 0 Å². The minimum atomic E-state index is -0.0821. The average Bonchev–Trinajstić information content (AvgIpc) is 2.62. The third-order valence-electron chi connectivity index (χ3n) is 4.46. The summed E-state index contributed by atoms with van der Waals surface area (Å²) in [5.41, 5.74) is 2.27. The monoisotopic (exact) mass is 244 g/mol. The fourth-order valence-corrected chi connectivity index (χ4v) is 3.84. The quantitative estimate of drug-likeness (QED) is 0.699. The lowest BCUT2D eigenvalue weighted by atomic mass is 9.87. The van der Waals surface area contributed by atoms with Crippen molar-refractivity contribution < 1.29 is 9.53 Å². The van der Waals surface area contributed by atoms with E-state index in [0.717, 1.165) is 24.2 Å². The zero-order valence-corrected chi connectivity index (χ0v) is 11.5. The van der Waals surface area contributed by atoms with E-state index in [-0.39, 0.29) is 11.4 Å². The van der Waals surface area contributed by atoms with Crippen molar-refractivity contribution in [2.45, 2.75) is 52.1 Å². The lowest BCUT2D eigenvalue weighted by Crippen LogP contribution is -2.30. The molecular weight excluding hydrogens is 224 g/mol. The Hall–Kier alpha value is -1.31. The summed E-state index contributed by atoms with van der Waals surface area (Å²) in [6, 6.07) is 5.87. The average molecular weight is 244 g/mol. The fourth-order valence-electron chi connectivity index (χ4n) is 3.84. The number of carbonyl (C=O) groups excluding carboxylic acids is 1. The molecule has 1 aromatic carbocycles. The van der Waals surface area contributed by atoms with Crippen molar-refractivity contribution in [3.8, 4) is 5.75 Å². The van der Waals surface area contributed by atoms with Crippen LogP contribution < -0.4 is 4.74 Å². The Morgan fingerprint density at radius 1 is 1.33 bits per heavy atom. The molecule has 0 spiro atoms. The maximum atomic E-state index is 11.5. The molecule has 0 radical (unpaired) electrons. The van der Waals surface area contributed by atoms with Gasteiger partial charge >= 0.3 is 0 Å². The Morgan fingerprint density at radius 3 is 2.72 bits per heavy atom. The maximum Gasteiger partial charge on any atom is 0.159 e. The highest BCUT2D eigenvalue weighted by Gasteiger charge is 2.54. The molecular formula is C16H20O2. The Bertz CT molecular complexity index is 530. The molecule has 1 fully saturated rings. The van der Waals surface area contributed by atoms with Crippen molar-refractivity contribution in [3.05, 3.63) is 29.3 Å². The Morgan fingerprint density at radius 2 is 2.06 bits per heavy atom. The second-order valence-electron chi connectivity index (χ2n) is 6.82. The molecule has 0 bridgehead atoms. The van der Waals surface area contributed by atoms with Crippen LogP contribution in [-0.2, 0) is 0 Å². The van der Waals surface area contributed by atoms with Gasteiger partial charge in [-0.05, 0) is 50.3 Å². The second kappa shape index (κ2) is 3.37. The number of hydrogen-bond acceptors (Lipinski definition) is 2. The van der Waals surface area contributed by atoms with Gasteiger partial charge in [-0.2, -0.15) is 0 Å². The van der Waals surface area contributed by atoms with E-state index in [1.54, 1.807) is 6.92 Å². The summed E-state index contributed by atoms with van der Waals surface area (Å²) in [5.74, 6) is 1.54. The topological polar surface area (TPSA) is 26.3 Å². The standard InChI is InChI=1S/C16H20O2/c1-10(17)11-5-6-14-12(7-11)13-8-15(2,3)9-16(13,4)18-14/h5-7,13H,8-9H2,1-4H3. The smallest absolute Gasteiger partial charge is 0.159 e. The van der Waals surface area contributed by atoms with E-state index in [0.29, 0.717) is 11.3 Å². The van der Waals surface area contributed by atoms with Crippen LogP contribution in [0.4, 0.5) is 0 Å². The summed E-state index contributed by atoms with van der Waals surface area (Å²) in [7, 11) is 0. The molecule has 1 saturated carbocycles. The van der Waals surface area contributed by atoms with Gasteiger partial charge in [0, 0.05) is 17.0 Å². The molecule has 0 N–H and O–H groups in total. The number of benzene rings is 1. The van der Waals surface area contributed by atoms with Gasteiger partial charge in [-0.25, -0.2) is 0 Å². The van der Waals surface area contributed by atoms with Gasteiger partial charge < -0.3 is 4.74 Å². The van der Waals surface area contributed by atoms with E-state index < -0.39 is 0 Å². The summed E-state index contributed by atoms with van der Waals surface area (Å²) in [6.45, 7) is 8.43. The molecule has 2 aliphatic rings. The van der Waals surface area contributed by atoms with Crippen molar-refractivity contribution in [2.75, 3.05) is 0 Å². The van der Waals surface area contributed by atoms with Crippen LogP contribution >= 0.6 is 0 Å². The molecule has 2 heteroatoms. The van der Waals surface area contributed by atoms with Crippen LogP contribution in [0, 0.1) is 5.41 Å². The van der Waals surface area contributed by atoms with Crippen LogP contribution in [0.3, 0.4) is 0 Å². The zero-order chi connectivity index (χ0) is 13.1. The highest BCUT2D eigenvalue weighted by molar-refractivity contribution is 5.94. The Balaban J connectivity index is 2.06. The molecule has 2 unspecified atom stereocenters. The van der Waals surface area contributed by atoms with Crippen LogP contribution in [0.25, 0.3) is 0 Å². The molecule has 1 aromatic rings. The number of fused-ring (bicyclic) bond motifs is 3. The van der Waals surface area contributed by atoms with E-state index in [1.165, 1.54) is 5.56 Å². The minimum absolute atomic E-state index is 0.0821. The van der Waals surface area contributed by atoms with E-state index in [2.05, 4.69) is 20.8 Å². The minimum Gasteiger partial charge on any atom is -0.487 e. The largest absolute Gasteiger partial charge is 0.487 e. The predicted octanol–water partition coefficient (Wildman–Crippen LogP) is 3.94. The van der Waals surface area contributed by atoms with Gasteiger partial charge in [0.1, 0.15) is 11.4 Å². The number of hydrogen-bond donors (Lipinski definition) is 0. The third-order valence-corrected chi connectivity index (χ3v) is 4.46. The predicted molar refractivity (Wildman–Crippen MR) is 71.2 cm³/mol. The molecule has 2 atom stereocenters. The fraction of sp³-hybridized carbons (Fsp3) is 0.562. The normalized spacial score (nSPS) is 31.7. The van der Waals surface area contributed by atoms with Crippen molar-refractivity contribution in [2.24, 2.45) is 5.41 Å². The first-order chi connectivity index (χ1) is 8.31. The molecule has 0 aromatic heterocycles. The Labute approximate surface area is 108 Å². The number of carbonyl (C=O) groups is 1. The van der Waals surface area contributed by atoms with Crippen molar-refractivity contribution >= 4 is 5.78 Å². The maximum absolute atomic E-state index is 11.5. The van der Waals surface area contributed by atoms with Crippen molar-refractivity contribution in [3.63, 3.8) is 0 Å². The first kappa shape index (κ1) is 11.8. The van der Waals surface area contributed by atoms with Crippen LogP contribution in [-0.4, -0.2) is 11.4 Å². The van der Waals surface area contributed by atoms with Crippen molar-refractivity contribution in [1.29, 1.82) is 0 Å². The molecule has 96 valence electrons. The molecule has 3 rings (SSSR count). The van der Waals surface area contributed by atoms with Gasteiger partial charge in [-0.1, -0.05) is 13.8 Å². The molecule has 1 heterocycles. The van der Waals surface area contributed by atoms with E-state index in [4.69, 9.17) is 4.74 Å². The highest BCUT2D eigenvalue weighted by Crippen LogP contribution is 2.59. The summed E-state index contributed by atoms with van der Waals surface area (Å²) in [6.07, 6.45) is 2.21. The molecule has 2 nitrogen and oxygen atoms in total. The van der Waals surface area contributed by atoms with Crippen LogP contribution in [0.15, 0.2) is 18.2 Å². The molecule has 0 amide bonds. The van der Waals surface area contributed by atoms with Gasteiger partial charge in [0.2, 0.25) is 0 Å². The van der Waals surface area contributed by atoms with E-state index >= 15 is 0 Å². The van der Waals surface area contributed by atoms with Gasteiger partial charge in [0.15, 0.2) is 5.78 Å². The highest BCUT2D eigenvalue weighted by atomic mass is 16.5. The summed E-state index contributed by atoms with van der Waals surface area (Å²) in [5, 5.41) is 0. The molecule has 1 aliphatic carbocycles. The Kier molecular flexibility index (Phi) is 2.20. The zero-order valence-electron chi connectivity index (χ0n) is 11.5. The number of ether oxygens (including phenoxy) is 1. The number of Topliss-reactive ketones (excluding diaryl/α,β-unsaturated/α-hetero) is 1. The first-order valence-corrected chi connectivity index (χ1v) is 6.65. The molecule has 18 heavy (non-hydrogen) atoms. The lowest BCUT2D eigenvalue weighted by molar-refractivity contribution is 0.0951. The number of ketones is 1. The van der Waals surface area contributed by atoms with E-state index in [9.17, 15) is 4.79 Å². The SMILES string of the molecule is CC(=O)c1ccc2c(c1)C1CC(C)(C)CC1(C)O2. The lowest BCUT2D eigenvalue weighted by Gasteiger charge is -2.25. The molecule has 0 saturated heterocycles. The summed E-state index contributed by atoms with van der Waals surface area (Å²) in [4.78, 5) is 11.5. The van der Waals surface area contributed by atoms with Crippen LogP contribution in [0.2, 0.25) is 0 Å². The van der Waals surface area contributed by atoms with Gasteiger partial charge in [0.25, 0.3) is 0 Å². The van der Waals surface area contributed by atoms with Gasteiger partial charge in [-0.15, -0.1) is 0 Å². The van der Waals surface area contributed by atoms with Crippen LogP contribution in [0.1, 0.15) is 62.4 Å². The van der Waals surface area contributed by atoms with E-state index in [1.807, 2.05) is 18.2 Å².